The van der Waals surface area contributed by atoms with Gasteiger partial charge in [0.2, 0.25) is 5.88 Å². The molecule has 1 aromatic carbocycles. The third-order valence-electron chi connectivity index (χ3n) is 4.56. The number of hydrogen-bond donors (Lipinski definition) is 1. The van der Waals surface area contributed by atoms with Gasteiger partial charge in [0.25, 0.3) is 0 Å². The van der Waals surface area contributed by atoms with Gasteiger partial charge in [-0.3, -0.25) is 4.98 Å². The van der Waals surface area contributed by atoms with Gasteiger partial charge in [-0.2, -0.15) is 0 Å². The number of nitrogens with zero attached hydrogens (tertiary/aromatic N) is 4. The minimum Gasteiger partial charge on any atom is -0.494 e. The number of rotatable bonds is 4. The first-order chi connectivity index (χ1) is 13.0. The highest BCUT2D eigenvalue weighted by atomic mass is 19.1. The van der Waals surface area contributed by atoms with Crippen LogP contribution in [0, 0.1) is 5.82 Å². The van der Waals surface area contributed by atoms with Crippen molar-refractivity contribution in [3.63, 3.8) is 0 Å². The summed E-state index contributed by atoms with van der Waals surface area (Å²) < 4.78 is 16.3. The Morgan fingerprint density at radius 3 is 2.56 bits per heavy atom. The standard InChI is InChI=1S/C21H19FN4O/c1-25(2)20-8-7-15(11-24-20)14-5-6-16(18(22)10-14)12-26-13-19-17(21(26)27)4-3-9-23-19/h3-11,13,27H,12H2,1-2H3. The van der Waals surface area contributed by atoms with Crippen LogP contribution in [-0.4, -0.2) is 33.7 Å². The van der Waals surface area contributed by atoms with Crippen LogP contribution < -0.4 is 4.90 Å². The topological polar surface area (TPSA) is 54.2 Å². The van der Waals surface area contributed by atoms with Crippen LogP contribution >= 0.6 is 0 Å². The molecule has 0 saturated carbocycles. The zero-order valence-electron chi connectivity index (χ0n) is 15.1. The van der Waals surface area contributed by atoms with Gasteiger partial charge < -0.3 is 14.6 Å². The minimum absolute atomic E-state index is 0.0880. The molecule has 27 heavy (non-hydrogen) atoms. The van der Waals surface area contributed by atoms with Crippen molar-refractivity contribution in [3.8, 4) is 17.0 Å². The van der Waals surface area contributed by atoms with Gasteiger partial charge in [-0.1, -0.05) is 12.1 Å². The average molecular weight is 362 g/mol. The fraction of sp³-hybridized carbons (Fsp3) is 0.143. The maximum absolute atomic E-state index is 14.7. The van der Waals surface area contributed by atoms with Gasteiger partial charge in [0.1, 0.15) is 11.6 Å². The van der Waals surface area contributed by atoms with Crippen molar-refractivity contribution in [2.24, 2.45) is 0 Å². The number of fused-ring (bicyclic) bond motifs is 1. The fourth-order valence-electron chi connectivity index (χ4n) is 3.05. The predicted octanol–water partition coefficient (Wildman–Crippen LogP) is 4.06. The molecule has 3 heterocycles. The maximum Gasteiger partial charge on any atom is 0.201 e. The van der Waals surface area contributed by atoms with E-state index in [9.17, 15) is 9.50 Å². The first-order valence-corrected chi connectivity index (χ1v) is 8.58. The first kappa shape index (κ1) is 17.0. The molecule has 0 fully saturated rings. The molecule has 0 bridgehead atoms. The Balaban J connectivity index is 1.62. The second-order valence-electron chi connectivity index (χ2n) is 6.62. The number of benzene rings is 1. The maximum atomic E-state index is 14.7. The molecular formula is C21H19FN4O. The van der Waals surface area contributed by atoms with Crippen LogP contribution in [0.25, 0.3) is 22.0 Å². The number of aromatic nitrogens is 3. The van der Waals surface area contributed by atoms with E-state index in [4.69, 9.17) is 0 Å². The molecule has 0 saturated heterocycles. The normalized spacial score (nSPS) is 11.1. The highest BCUT2D eigenvalue weighted by Gasteiger charge is 2.12. The van der Waals surface area contributed by atoms with E-state index in [1.54, 1.807) is 41.4 Å². The molecule has 5 nitrogen and oxygen atoms in total. The van der Waals surface area contributed by atoms with Crippen molar-refractivity contribution < 1.29 is 9.50 Å². The predicted molar refractivity (Wildman–Crippen MR) is 104 cm³/mol. The fourth-order valence-corrected chi connectivity index (χ4v) is 3.05. The molecule has 4 aromatic rings. The quantitative estimate of drug-likeness (QED) is 0.595. The number of halogens is 1. The Kier molecular flexibility index (Phi) is 4.24. The van der Waals surface area contributed by atoms with Crippen molar-refractivity contribution in [3.05, 3.63) is 72.4 Å². The van der Waals surface area contributed by atoms with Crippen molar-refractivity contribution in [2.75, 3.05) is 19.0 Å². The zero-order chi connectivity index (χ0) is 19.0. The van der Waals surface area contributed by atoms with E-state index in [1.807, 2.05) is 37.2 Å². The van der Waals surface area contributed by atoms with E-state index in [1.165, 1.54) is 6.07 Å². The molecule has 3 aromatic heterocycles. The lowest BCUT2D eigenvalue weighted by atomic mass is 10.0. The minimum atomic E-state index is -0.325. The Labute approximate surface area is 156 Å². The lowest BCUT2D eigenvalue weighted by Crippen LogP contribution is -2.10. The number of aromatic hydroxyl groups is 1. The first-order valence-electron chi connectivity index (χ1n) is 8.58. The van der Waals surface area contributed by atoms with Crippen molar-refractivity contribution in [1.29, 1.82) is 0 Å². The molecule has 0 spiro atoms. The summed E-state index contributed by atoms with van der Waals surface area (Å²) in [5.41, 5.74) is 2.79. The van der Waals surface area contributed by atoms with Gasteiger partial charge in [-0.15, -0.1) is 0 Å². The SMILES string of the molecule is CN(C)c1ccc(-c2ccc(Cn3cc4ncccc4c3O)c(F)c2)cn1. The van der Waals surface area contributed by atoms with Crippen LogP contribution in [0.15, 0.2) is 61.1 Å². The van der Waals surface area contributed by atoms with Crippen molar-refractivity contribution in [1.82, 2.24) is 14.5 Å². The molecule has 4 rings (SSSR count). The van der Waals surface area contributed by atoms with Crippen molar-refractivity contribution >= 4 is 16.7 Å². The molecule has 1 N–H and O–H groups in total. The molecule has 0 radical (unpaired) electrons. The average Bonchev–Trinajstić information content (AvgIpc) is 2.99. The summed E-state index contributed by atoms with van der Waals surface area (Å²) in [6, 6.07) is 12.5. The monoisotopic (exact) mass is 362 g/mol. The van der Waals surface area contributed by atoms with Crippen LogP contribution in [0.2, 0.25) is 0 Å². The summed E-state index contributed by atoms with van der Waals surface area (Å²) in [4.78, 5) is 10.5. The summed E-state index contributed by atoms with van der Waals surface area (Å²) in [6.07, 6.45) is 5.12. The lowest BCUT2D eigenvalue weighted by Gasteiger charge is -2.12. The highest BCUT2D eigenvalue weighted by Crippen LogP contribution is 2.28. The lowest BCUT2D eigenvalue weighted by molar-refractivity contribution is 0.428. The van der Waals surface area contributed by atoms with Crippen LogP contribution in [0.5, 0.6) is 5.88 Å². The third-order valence-corrected chi connectivity index (χ3v) is 4.56. The van der Waals surface area contributed by atoms with E-state index in [0.29, 0.717) is 16.5 Å². The zero-order valence-corrected chi connectivity index (χ0v) is 15.1. The molecule has 0 unspecified atom stereocenters. The van der Waals surface area contributed by atoms with Crippen molar-refractivity contribution in [2.45, 2.75) is 6.54 Å². The Morgan fingerprint density at radius 2 is 1.89 bits per heavy atom. The van der Waals surface area contributed by atoms with E-state index >= 15 is 0 Å². The van der Waals surface area contributed by atoms with Crippen LogP contribution in [0.1, 0.15) is 5.56 Å². The summed E-state index contributed by atoms with van der Waals surface area (Å²) in [6.45, 7) is 0.228. The summed E-state index contributed by atoms with van der Waals surface area (Å²) >= 11 is 0. The summed E-state index contributed by atoms with van der Waals surface area (Å²) in [7, 11) is 3.85. The Morgan fingerprint density at radius 1 is 1.07 bits per heavy atom. The number of hydrogen-bond acceptors (Lipinski definition) is 4. The smallest absolute Gasteiger partial charge is 0.201 e. The van der Waals surface area contributed by atoms with E-state index in [-0.39, 0.29) is 18.2 Å². The molecule has 0 atom stereocenters. The van der Waals surface area contributed by atoms with E-state index < -0.39 is 0 Å². The van der Waals surface area contributed by atoms with Gasteiger partial charge >= 0.3 is 0 Å². The van der Waals surface area contributed by atoms with E-state index in [0.717, 1.165) is 16.9 Å². The van der Waals surface area contributed by atoms with Crippen LogP contribution in [-0.2, 0) is 6.54 Å². The van der Waals surface area contributed by atoms with Gasteiger partial charge in [-0.05, 0) is 35.9 Å². The third kappa shape index (κ3) is 3.21. The van der Waals surface area contributed by atoms with Gasteiger partial charge in [0.05, 0.1) is 17.4 Å². The summed E-state index contributed by atoms with van der Waals surface area (Å²) in [5, 5.41) is 11.0. The molecule has 0 aliphatic carbocycles. The van der Waals surface area contributed by atoms with Crippen LogP contribution in [0.3, 0.4) is 0 Å². The molecule has 0 aliphatic rings. The molecular weight excluding hydrogens is 343 g/mol. The largest absolute Gasteiger partial charge is 0.494 e. The molecule has 6 heteroatoms. The highest BCUT2D eigenvalue weighted by molar-refractivity contribution is 5.84. The second kappa shape index (κ2) is 6.72. The Bertz CT molecular complexity index is 1100. The second-order valence-corrected chi connectivity index (χ2v) is 6.62. The molecule has 0 amide bonds. The Hall–Kier alpha value is -3.41. The number of anilines is 1. The van der Waals surface area contributed by atoms with Gasteiger partial charge in [0, 0.05) is 43.8 Å². The van der Waals surface area contributed by atoms with Crippen LogP contribution in [0.4, 0.5) is 10.2 Å². The number of pyridine rings is 2. The van der Waals surface area contributed by atoms with Gasteiger partial charge in [0.15, 0.2) is 0 Å². The van der Waals surface area contributed by atoms with E-state index in [2.05, 4.69) is 9.97 Å². The molecule has 136 valence electrons. The summed E-state index contributed by atoms with van der Waals surface area (Å²) in [5.74, 6) is 0.610. The molecule has 0 aliphatic heterocycles. The van der Waals surface area contributed by atoms with Gasteiger partial charge in [-0.25, -0.2) is 9.37 Å².